The summed E-state index contributed by atoms with van der Waals surface area (Å²) in [5, 5.41) is 4.16. The minimum Gasteiger partial charge on any atom is -0.356 e. The first-order valence-electron chi connectivity index (χ1n) is 5.50. The van der Waals surface area contributed by atoms with E-state index in [-0.39, 0.29) is 24.0 Å². The minimum atomic E-state index is 0. The Labute approximate surface area is 124 Å². The molecule has 0 fully saturated rings. The second-order valence-electron chi connectivity index (χ2n) is 3.90. The van der Waals surface area contributed by atoms with E-state index in [0.717, 1.165) is 37.0 Å². The van der Waals surface area contributed by atoms with Crippen LogP contribution in [-0.2, 0) is 6.42 Å². The molecule has 0 aromatic heterocycles. The molecule has 5 heteroatoms. The molecular weight excluding hydrogens is 349 g/mol. The number of rotatable bonds is 3. The van der Waals surface area contributed by atoms with Crippen molar-refractivity contribution in [3.8, 4) is 0 Å². The molecule has 0 bridgehead atoms. The Morgan fingerprint density at radius 2 is 2.18 bits per heavy atom. The van der Waals surface area contributed by atoms with Crippen molar-refractivity contribution in [1.82, 2.24) is 10.2 Å². The van der Waals surface area contributed by atoms with Crippen molar-refractivity contribution >= 4 is 41.5 Å². The number of benzene rings is 1. The van der Waals surface area contributed by atoms with Crippen LogP contribution in [-0.4, -0.2) is 37.5 Å². The topological polar surface area (TPSA) is 27.6 Å². The lowest BCUT2D eigenvalue weighted by Crippen LogP contribution is -2.36. The highest BCUT2D eigenvalue weighted by Crippen LogP contribution is 2.14. The number of nitrogens with zero attached hydrogens (tertiary/aromatic N) is 2. The quantitative estimate of drug-likeness (QED) is 0.833. The van der Waals surface area contributed by atoms with Gasteiger partial charge in [-0.15, -0.1) is 24.0 Å². The molecule has 0 saturated carbocycles. The molecule has 1 aliphatic rings. The third-order valence-electron chi connectivity index (χ3n) is 2.69. The fourth-order valence-electron chi connectivity index (χ4n) is 1.73. The molecule has 0 amide bonds. The van der Waals surface area contributed by atoms with E-state index in [1.54, 1.807) is 0 Å². The van der Waals surface area contributed by atoms with Gasteiger partial charge in [0.05, 0.1) is 6.54 Å². The van der Waals surface area contributed by atoms with Crippen LogP contribution in [0, 0.1) is 0 Å². The Balaban J connectivity index is 0.00000144. The van der Waals surface area contributed by atoms with Crippen LogP contribution in [0.3, 0.4) is 0 Å². The van der Waals surface area contributed by atoms with Crippen molar-refractivity contribution in [2.75, 3.05) is 26.7 Å². The molecule has 0 spiro atoms. The standard InChI is InChI=1S/C12H16ClN3.HI/c1-16-9-8-15-12(16)14-7-6-10-4-2-3-5-11(10)13;/h2-5H,6-9H2,1H3,(H,14,15);1H. The molecule has 0 atom stereocenters. The summed E-state index contributed by atoms with van der Waals surface area (Å²) >= 11 is 6.08. The lowest BCUT2D eigenvalue weighted by Gasteiger charge is -2.15. The molecule has 0 saturated heterocycles. The zero-order valence-electron chi connectivity index (χ0n) is 9.82. The number of halogens is 2. The van der Waals surface area contributed by atoms with Crippen molar-refractivity contribution in [1.29, 1.82) is 0 Å². The molecule has 1 N–H and O–H groups in total. The second-order valence-corrected chi connectivity index (χ2v) is 4.30. The maximum Gasteiger partial charge on any atom is 0.193 e. The Hall–Kier alpha value is -0.490. The average molecular weight is 366 g/mol. The highest BCUT2D eigenvalue weighted by atomic mass is 127. The van der Waals surface area contributed by atoms with Gasteiger partial charge in [-0.1, -0.05) is 29.8 Å². The molecule has 1 aromatic carbocycles. The lowest BCUT2D eigenvalue weighted by molar-refractivity contribution is 0.534. The van der Waals surface area contributed by atoms with Gasteiger partial charge in [-0.05, 0) is 18.1 Å². The number of likely N-dealkylation sites (N-methyl/N-ethyl adjacent to an activating group) is 1. The zero-order chi connectivity index (χ0) is 11.4. The largest absolute Gasteiger partial charge is 0.356 e. The molecule has 3 nitrogen and oxygen atoms in total. The van der Waals surface area contributed by atoms with Gasteiger partial charge in [-0.25, -0.2) is 0 Å². The molecule has 1 heterocycles. The van der Waals surface area contributed by atoms with E-state index in [0.29, 0.717) is 0 Å². The van der Waals surface area contributed by atoms with Gasteiger partial charge in [0.1, 0.15) is 0 Å². The Kier molecular flexibility index (Phi) is 6.05. The molecule has 0 unspecified atom stereocenters. The molecule has 0 aliphatic carbocycles. The van der Waals surface area contributed by atoms with Crippen molar-refractivity contribution in [2.24, 2.45) is 4.99 Å². The van der Waals surface area contributed by atoms with Gasteiger partial charge in [0, 0.05) is 25.2 Å². The van der Waals surface area contributed by atoms with Gasteiger partial charge >= 0.3 is 0 Å². The summed E-state index contributed by atoms with van der Waals surface area (Å²) in [6, 6.07) is 7.95. The van der Waals surface area contributed by atoms with Gasteiger partial charge in [0.2, 0.25) is 0 Å². The number of hydrogen-bond donors (Lipinski definition) is 1. The van der Waals surface area contributed by atoms with Gasteiger partial charge in [-0.2, -0.15) is 0 Å². The van der Waals surface area contributed by atoms with E-state index in [1.807, 2.05) is 25.2 Å². The first-order valence-corrected chi connectivity index (χ1v) is 5.88. The van der Waals surface area contributed by atoms with Gasteiger partial charge in [0.25, 0.3) is 0 Å². The Bertz CT molecular complexity index is 395. The molecule has 1 aliphatic heterocycles. The third-order valence-corrected chi connectivity index (χ3v) is 3.06. The predicted octanol–water partition coefficient (Wildman–Crippen LogP) is 2.39. The van der Waals surface area contributed by atoms with E-state index >= 15 is 0 Å². The molecular formula is C12H17ClIN3. The zero-order valence-corrected chi connectivity index (χ0v) is 12.9. The molecule has 17 heavy (non-hydrogen) atoms. The summed E-state index contributed by atoms with van der Waals surface area (Å²) in [7, 11) is 2.05. The molecule has 0 radical (unpaired) electrons. The summed E-state index contributed by atoms with van der Waals surface area (Å²) in [4.78, 5) is 6.50. The van der Waals surface area contributed by atoms with Gasteiger partial charge < -0.3 is 10.2 Å². The fraction of sp³-hybridized carbons (Fsp3) is 0.417. The Morgan fingerprint density at radius 1 is 1.41 bits per heavy atom. The minimum absolute atomic E-state index is 0. The van der Waals surface area contributed by atoms with Crippen LogP contribution >= 0.6 is 35.6 Å². The van der Waals surface area contributed by atoms with Crippen LogP contribution in [0.2, 0.25) is 5.02 Å². The monoisotopic (exact) mass is 365 g/mol. The van der Waals surface area contributed by atoms with Crippen molar-refractivity contribution in [3.63, 3.8) is 0 Å². The fourth-order valence-corrected chi connectivity index (χ4v) is 1.96. The summed E-state index contributed by atoms with van der Waals surface area (Å²) < 4.78 is 0. The van der Waals surface area contributed by atoms with E-state index < -0.39 is 0 Å². The maximum absolute atomic E-state index is 6.08. The summed E-state index contributed by atoms with van der Waals surface area (Å²) in [5.41, 5.74) is 1.18. The first kappa shape index (κ1) is 14.6. The molecule has 2 rings (SSSR count). The van der Waals surface area contributed by atoms with E-state index in [2.05, 4.69) is 21.3 Å². The third kappa shape index (κ3) is 4.03. The predicted molar refractivity (Wildman–Crippen MR) is 83.5 cm³/mol. The van der Waals surface area contributed by atoms with Gasteiger partial charge in [-0.3, -0.25) is 4.99 Å². The number of aliphatic imine (C=N–C) groups is 1. The molecule has 1 aromatic rings. The maximum atomic E-state index is 6.08. The average Bonchev–Trinajstić information content (AvgIpc) is 2.67. The summed E-state index contributed by atoms with van der Waals surface area (Å²) in [6.07, 6.45) is 0.923. The highest BCUT2D eigenvalue weighted by molar-refractivity contribution is 14.0. The second kappa shape index (κ2) is 7.06. The number of hydrogen-bond acceptors (Lipinski definition) is 3. The smallest absolute Gasteiger partial charge is 0.193 e. The van der Waals surface area contributed by atoms with Crippen LogP contribution in [0.1, 0.15) is 5.56 Å². The first-order chi connectivity index (χ1) is 7.77. The number of nitrogens with one attached hydrogen (secondary N) is 1. The van der Waals surface area contributed by atoms with Crippen molar-refractivity contribution in [2.45, 2.75) is 6.42 Å². The normalized spacial score (nSPS) is 14.2. The SMILES string of the molecule is CN1CCN=C1NCCc1ccccc1Cl.I. The van der Waals surface area contributed by atoms with Crippen molar-refractivity contribution in [3.05, 3.63) is 34.9 Å². The Morgan fingerprint density at radius 3 is 2.82 bits per heavy atom. The van der Waals surface area contributed by atoms with E-state index in [9.17, 15) is 0 Å². The van der Waals surface area contributed by atoms with Crippen LogP contribution in [0.25, 0.3) is 0 Å². The van der Waals surface area contributed by atoms with Gasteiger partial charge in [0.15, 0.2) is 5.96 Å². The van der Waals surface area contributed by atoms with Crippen LogP contribution in [0.15, 0.2) is 29.3 Å². The van der Waals surface area contributed by atoms with E-state index in [4.69, 9.17) is 11.6 Å². The van der Waals surface area contributed by atoms with Crippen molar-refractivity contribution < 1.29 is 0 Å². The lowest BCUT2D eigenvalue weighted by atomic mass is 10.1. The van der Waals surface area contributed by atoms with Crippen LogP contribution in [0.4, 0.5) is 0 Å². The van der Waals surface area contributed by atoms with E-state index in [1.165, 1.54) is 5.56 Å². The molecule has 94 valence electrons. The number of guanidine groups is 1. The van der Waals surface area contributed by atoms with Crippen LogP contribution < -0.4 is 5.32 Å². The van der Waals surface area contributed by atoms with Crippen LogP contribution in [0.5, 0.6) is 0 Å². The summed E-state index contributed by atoms with van der Waals surface area (Å²) in [5.74, 6) is 0.993. The highest BCUT2D eigenvalue weighted by Gasteiger charge is 2.10. The summed E-state index contributed by atoms with van der Waals surface area (Å²) in [6.45, 7) is 2.77.